The molecule has 0 aliphatic heterocycles. The number of carbonyl (C=O) groups is 2. The van der Waals surface area contributed by atoms with Crippen molar-refractivity contribution in [2.75, 3.05) is 0 Å². The average Bonchev–Trinajstić information content (AvgIpc) is 2.62. The van der Waals surface area contributed by atoms with Crippen molar-refractivity contribution in [2.24, 2.45) is 0 Å². The molecular formula is C22H30O2Si2. The summed E-state index contributed by atoms with van der Waals surface area (Å²) in [5.41, 5.74) is 2.18. The highest BCUT2D eigenvalue weighted by Crippen LogP contribution is 2.24. The predicted molar refractivity (Wildman–Crippen MR) is 115 cm³/mol. The number of hydrogen-bond acceptors (Lipinski definition) is 2. The monoisotopic (exact) mass is 382 g/mol. The van der Waals surface area contributed by atoms with E-state index in [-0.39, 0.29) is 0 Å². The molecule has 0 N–H and O–H groups in total. The summed E-state index contributed by atoms with van der Waals surface area (Å²) in [5.74, 6) is 0. The van der Waals surface area contributed by atoms with Crippen molar-refractivity contribution in [2.45, 2.75) is 51.1 Å². The second-order valence-electron chi connectivity index (χ2n) is 8.44. The van der Waals surface area contributed by atoms with Gasteiger partial charge in [0.2, 0.25) is 0 Å². The first kappa shape index (κ1) is 20.5. The van der Waals surface area contributed by atoms with Crippen LogP contribution in [0.5, 0.6) is 0 Å². The van der Waals surface area contributed by atoms with E-state index in [0.29, 0.717) is 23.7 Å². The van der Waals surface area contributed by atoms with E-state index in [0.717, 1.165) is 23.2 Å². The van der Waals surface area contributed by atoms with E-state index >= 15 is 0 Å². The second-order valence-corrected chi connectivity index (χ2v) is 18.1. The Labute approximate surface area is 159 Å². The lowest BCUT2D eigenvalue weighted by Gasteiger charge is -2.27. The second kappa shape index (κ2) is 8.73. The summed E-state index contributed by atoms with van der Waals surface area (Å²) >= 11 is 0. The van der Waals surface area contributed by atoms with Crippen LogP contribution in [-0.4, -0.2) is 27.0 Å². The van der Waals surface area contributed by atoms with Crippen LogP contribution in [0, 0.1) is 0 Å². The molecule has 0 saturated heterocycles. The van der Waals surface area contributed by atoms with E-state index < -0.39 is 16.1 Å². The van der Waals surface area contributed by atoms with E-state index in [2.05, 4.69) is 26.2 Å². The van der Waals surface area contributed by atoms with Gasteiger partial charge in [0.25, 0.3) is 0 Å². The standard InChI is InChI=1S/C22H30O2Si2/c1-25(2,21(23)17-19-11-7-5-8-12-19)15-16-26(3,4)22(24)18-20-13-9-6-10-14-20/h5-14H,15-18H2,1-4H3. The molecule has 4 heteroatoms. The molecule has 0 bridgehead atoms. The fraction of sp³-hybridized carbons (Fsp3) is 0.364. The Kier molecular flexibility index (Phi) is 6.90. The normalized spacial score (nSPS) is 12.0. The van der Waals surface area contributed by atoms with Crippen LogP contribution in [0.1, 0.15) is 11.1 Å². The summed E-state index contributed by atoms with van der Waals surface area (Å²) in [5, 5.41) is 0.785. The minimum atomic E-state index is -1.99. The van der Waals surface area contributed by atoms with E-state index in [1.54, 1.807) is 0 Å². The lowest BCUT2D eigenvalue weighted by molar-refractivity contribution is -0.113. The van der Waals surface area contributed by atoms with Gasteiger partial charge in [0, 0.05) is 12.8 Å². The van der Waals surface area contributed by atoms with Gasteiger partial charge in [-0.05, 0) is 11.1 Å². The van der Waals surface area contributed by atoms with Crippen molar-refractivity contribution in [3.8, 4) is 0 Å². The van der Waals surface area contributed by atoms with Gasteiger partial charge in [0.15, 0.2) is 0 Å². The Morgan fingerprint density at radius 3 is 1.23 bits per heavy atom. The summed E-state index contributed by atoms with van der Waals surface area (Å²) in [4.78, 5) is 25.6. The highest BCUT2D eigenvalue weighted by molar-refractivity contribution is 7.08. The molecule has 0 aliphatic rings. The zero-order valence-corrected chi connectivity index (χ0v) is 18.4. The molecule has 138 valence electrons. The molecule has 2 aromatic rings. The quantitative estimate of drug-likeness (QED) is 0.565. The van der Waals surface area contributed by atoms with E-state index in [1.165, 1.54) is 0 Å². The molecule has 0 aromatic heterocycles. The number of hydrogen-bond donors (Lipinski definition) is 0. The van der Waals surface area contributed by atoms with Crippen molar-refractivity contribution in [1.82, 2.24) is 0 Å². The van der Waals surface area contributed by atoms with Crippen molar-refractivity contribution in [1.29, 1.82) is 0 Å². The van der Waals surface area contributed by atoms with E-state index in [9.17, 15) is 9.59 Å². The van der Waals surface area contributed by atoms with Crippen molar-refractivity contribution >= 4 is 27.0 Å². The zero-order valence-electron chi connectivity index (χ0n) is 16.4. The summed E-state index contributed by atoms with van der Waals surface area (Å²) < 4.78 is 0. The Hall–Kier alpha value is -1.79. The fourth-order valence-electron chi connectivity index (χ4n) is 2.94. The molecule has 26 heavy (non-hydrogen) atoms. The first-order valence-corrected chi connectivity index (χ1v) is 15.8. The maximum absolute atomic E-state index is 12.8. The van der Waals surface area contributed by atoms with Gasteiger partial charge < -0.3 is 9.59 Å². The minimum Gasteiger partial charge on any atom is -0.305 e. The molecule has 0 unspecified atom stereocenters. The minimum absolute atomic E-state index is 0.393. The molecule has 0 atom stereocenters. The molecule has 0 fully saturated rings. The molecule has 0 radical (unpaired) electrons. The van der Waals surface area contributed by atoms with Crippen LogP contribution in [0.15, 0.2) is 60.7 Å². The van der Waals surface area contributed by atoms with E-state index in [4.69, 9.17) is 0 Å². The van der Waals surface area contributed by atoms with Crippen LogP contribution in [0.4, 0.5) is 0 Å². The maximum Gasteiger partial charge on any atom is 0.127 e. The Bertz CT molecular complexity index is 672. The van der Waals surface area contributed by atoms with Crippen LogP contribution in [0.3, 0.4) is 0 Å². The number of rotatable bonds is 9. The SMILES string of the molecule is C[Si](C)(CC[Si](C)(C)C(=O)Cc1ccccc1)C(=O)Cc1ccccc1. The lowest BCUT2D eigenvalue weighted by atomic mass is 10.2. The lowest BCUT2D eigenvalue weighted by Crippen LogP contribution is -2.44. The maximum atomic E-state index is 12.8. The molecule has 2 rings (SSSR count). The van der Waals surface area contributed by atoms with Crippen molar-refractivity contribution in [3.63, 3.8) is 0 Å². The van der Waals surface area contributed by atoms with Crippen LogP contribution < -0.4 is 0 Å². The van der Waals surface area contributed by atoms with Gasteiger partial charge in [-0.15, -0.1) is 0 Å². The first-order valence-electron chi connectivity index (χ1n) is 9.35. The van der Waals surface area contributed by atoms with E-state index in [1.807, 2.05) is 60.7 Å². The Balaban J connectivity index is 1.93. The smallest absolute Gasteiger partial charge is 0.127 e. The number of benzene rings is 2. The van der Waals surface area contributed by atoms with Crippen molar-refractivity contribution < 1.29 is 9.59 Å². The summed E-state index contributed by atoms with van der Waals surface area (Å²) in [6.45, 7) is 8.63. The summed E-state index contributed by atoms with van der Waals surface area (Å²) in [7, 11) is -3.99. The third-order valence-electron chi connectivity index (χ3n) is 5.30. The molecule has 2 nitrogen and oxygen atoms in total. The molecular weight excluding hydrogens is 352 g/mol. The molecule has 2 aromatic carbocycles. The van der Waals surface area contributed by atoms with Gasteiger partial charge in [-0.2, -0.15) is 0 Å². The van der Waals surface area contributed by atoms with Gasteiger partial charge in [0.05, 0.1) is 0 Å². The van der Waals surface area contributed by atoms with Gasteiger partial charge in [-0.1, -0.05) is 98.9 Å². The van der Waals surface area contributed by atoms with Crippen LogP contribution in [0.25, 0.3) is 0 Å². The average molecular weight is 383 g/mol. The Morgan fingerprint density at radius 2 is 0.923 bits per heavy atom. The first-order chi connectivity index (χ1) is 12.2. The van der Waals surface area contributed by atoms with Gasteiger partial charge >= 0.3 is 0 Å². The molecule has 0 aliphatic carbocycles. The fourth-order valence-corrected chi connectivity index (χ4v) is 9.87. The summed E-state index contributed by atoms with van der Waals surface area (Å²) in [6, 6.07) is 21.8. The molecule has 0 spiro atoms. The largest absolute Gasteiger partial charge is 0.305 e. The predicted octanol–water partition coefficient (Wildman–Crippen LogP) is 5.11. The topological polar surface area (TPSA) is 34.1 Å². The van der Waals surface area contributed by atoms with Gasteiger partial charge in [-0.25, -0.2) is 0 Å². The van der Waals surface area contributed by atoms with Gasteiger partial charge in [-0.3, -0.25) is 0 Å². The Morgan fingerprint density at radius 1 is 0.615 bits per heavy atom. The highest BCUT2D eigenvalue weighted by atomic mass is 28.3. The molecule has 0 heterocycles. The van der Waals surface area contributed by atoms with Gasteiger partial charge in [0.1, 0.15) is 27.0 Å². The van der Waals surface area contributed by atoms with Crippen molar-refractivity contribution in [3.05, 3.63) is 71.8 Å². The third kappa shape index (κ3) is 5.89. The molecule has 0 amide bonds. The number of carbonyl (C=O) groups excluding carboxylic acids is 2. The highest BCUT2D eigenvalue weighted by Gasteiger charge is 2.36. The summed E-state index contributed by atoms with van der Waals surface area (Å²) in [6.07, 6.45) is 1.06. The van der Waals surface area contributed by atoms with Crippen LogP contribution >= 0.6 is 0 Å². The molecule has 0 saturated carbocycles. The van der Waals surface area contributed by atoms with Crippen LogP contribution in [-0.2, 0) is 22.4 Å². The van der Waals surface area contributed by atoms with Crippen LogP contribution in [0.2, 0.25) is 38.3 Å². The zero-order chi connectivity index (χ0) is 19.2. The third-order valence-corrected chi connectivity index (χ3v) is 12.2.